The fourth-order valence-corrected chi connectivity index (χ4v) is 4.90. The Morgan fingerprint density at radius 3 is 2.70 bits per heavy atom. The van der Waals surface area contributed by atoms with Gasteiger partial charge in [-0.3, -0.25) is 14.9 Å². The maximum atomic E-state index is 13.5. The molecule has 7 nitrogen and oxygen atoms in total. The summed E-state index contributed by atoms with van der Waals surface area (Å²) in [6.07, 6.45) is 3.56. The van der Waals surface area contributed by atoms with Crippen LogP contribution in [-0.2, 0) is 4.79 Å². The molecule has 2 aliphatic rings. The normalized spacial score (nSPS) is 16.9. The molecule has 2 aromatic carbocycles. The number of carbonyl (C=O) groups is 2. The van der Waals surface area contributed by atoms with Gasteiger partial charge < -0.3 is 4.74 Å². The van der Waals surface area contributed by atoms with E-state index in [1.165, 1.54) is 29.6 Å². The smallest absolute Gasteiger partial charge is 0.276 e. The molecule has 4 rings (SSSR count). The Labute approximate surface area is 205 Å². The second kappa shape index (κ2) is 10.5. The van der Waals surface area contributed by atoms with Crippen molar-refractivity contribution in [2.75, 3.05) is 12.9 Å². The molecule has 0 bridgehead atoms. The van der Waals surface area contributed by atoms with Crippen LogP contribution < -0.4 is 20.6 Å². The minimum Gasteiger partial charge on any atom is -0.497 e. The van der Waals surface area contributed by atoms with Gasteiger partial charge in [-0.05, 0) is 48.9 Å². The number of fused-ring (bicyclic) bond motifs is 2. The fourth-order valence-electron chi connectivity index (χ4n) is 3.69. The SMILES string of the molecule is CCCCCCSC1=NN2C(=c3cc(Br)ccc3=N[C@H]2C(=O)c2ccc(OC)cc2)C(=O)N1. The summed E-state index contributed by atoms with van der Waals surface area (Å²) in [7, 11) is 1.58. The second-order valence-corrected chi connectivity index (χ2v) is 9.72. The van der Waals surface area contributed by atoms with E-state index in [1.807, 2.05) is 12.1 Å². The molecular weight excluding hydrogens is 504 g/mol. The number of amides is 1. The van der Waals surface area contributed by atoms with E-state index in [4.69, 9.17) is 4.74 Å². The third kappa shape index (κ3) is 5.14. The minimum absolute atomic E-state index is 0.241. The molecule has 0 radical (unpaired) electrons. The van der Waals surface area contributed by atoms with E-state index in [0.717, 1.165) is 23.1 Å². The molecule has 0 saturated heterocycles. The van der Waals surface area contributed by atoms with Crippen molar-refractivity contribution in [3.8, 4) is 5.75 Å². The van der Waals surface area contributed by atoms with E-state index in [0.29, 0.717) is 32.8 Å². The number of hydrogen-bond donors (Lipinski definition) is 1. The van der Waals surface area contributed by atoms with Gasteiger partial charge in [0, 0.05) is 21.0 Å². The van der Waals surface area contributed by atoms with Crippen LogP contribution in [0, 0.1) is 0 Å². The van der Waals surface area contributed by atoms with Crippen LogP contribution in [0.1, 0.15) is 43.0 Å². The van der Waals surface area contributed by atoms with E-state index in [1.54, 1.807) is 37.4 Å². The van der Waals surface area contributed by atoms with Crippen LogP contribution in [0.5, 0.6) is 5.75 Å². The molecule has 0 fully saturated rings. The number of methoxy groups -OCH3 is 1. The number of hydrazone groups is 1. The number of nitrogens with one attached hydrogen (secondary N) is 1. The number of unbranched alkanes of at least 4 members (excludes halogenated alkanes) is 3. The predicted octanol–water partition coefficient (Wildman–Crippen LogP) is 3.42. The highest BCUT2D eigenvalue weighted by molar-refractivity contribution is 9.10. The molecule has 0 aliphatic carbocycles. The summed E-state index contributed by atoms with van der Waals surface area (Å²) in [5.41, 5.74) is 0.794. The standard InChI is InChI=1S/C24H25BrN4O3S/c1-3-4-5-6-13-33-24-27-23(31)20-18-14-16(25)9-12-19(18)26-22(29(20)28-24)21(30)15-7-10-17(32-2)11-8-15/h7-12,14,22H,3-6,13H2,1-2H3,(H,27,28,31)/t22-/m1/s1. The zero-order valence-corrected chi connectivity index (χ0v) is 20.9. The lowest BCUT2D eigenvalue weighted by Gasteiger charge is -2.33. The third-order valence-corrected chi connectivity index (χ3v) is 6.86. The van der Waals surface area contributed by atoms with Crippen molar-refractivity contribution in [3.63, 3.8) is 0 Å². The first-order valence-corrected chi connectivity index (χ1v) is 12.7. The van der Waals surface area contributed by atoms with Crippen molar-refractivity contribution < 1.29 is 14.3 Å². The van der Waals surface area contributed by atoms with Crippen LogP contribution in [0.25, 0.3) is 5.70 Å². The summed E-state index contributed by atoms with van der Waals surface area (Å²) in [5.74, 6) is 0.975. The largest absolute Gasteiger partial charge is 0.497 e. The average molecular weight is 529 g/mol. The number of Topliss-reactive ketones (excluding diaryl/α,β-unsaturated/α-hetero) is 1. The zero-order valence-electron chi connectivity index (χ0n) is 18.5. The molecule has 1 N–H and O–H groups in total. The Hall–Kier alpha value is -2.65. The fraction of sp³-hybridized carbons (Fsp3) is 0.333. The molecule has 1 amide bonds. The number of amidine groups is 1. The van der Waals surface area contributed by atoms with Crippen molar-refractivity contribution in [2.45, 2.75) is 38.8 Å². The van der Waals surface area contributed by atoms with Gasteiger partial charge in [0.05, 0.1) is 12.5 Å². The van der Waals surface area contributed by atoms with E-state index in [9.17, 15) is 9.59 Å². The number of hydrogen-bond acceptors (Lipinski definition) is 7. The van der Waals surface area contributed by atoms with E-state index in [2.05, 4.69) is 38.3 Å². The molecular formula is C24H25BrN4O3S. The molecule has 0 spiro atoms. The van der Waals surface area contributed by atoms with E-state index < -0.39 is 6.17 Å². The lowest BCUT2D eigenvalue weighted by Crippen LogP contribution is -2.54. The van der Waals surface area contributed by atoms with Gasteiger partial charge in [0.2, 0.25) is 11.9 Å². The maximum Gasteiger partial charge on any atom is 0.276 e. The van der Waals surface area contributed by atoms with E-state index >= 15 is 0 Å². The molecule has 9 heteroatoms. The topological polar surface area (TPSA) is 83.4 Å². The summed E-state index contributed by atoms with van der Waals surface area (Å²) >= 11 is 4.95. The van der Waals surface area contributed by atoms with Gasteiger partial charge in [0.1, 0.15) is 11.4 Å². The Balaban J connectivity index is 1.71. The molecule has 0 saturated carbocycles. The first-order chi connectivity index (χ1) is 16.0. The summed E-state index contributed by atoms with van der Waals surface area (Å²) < 4.78 is 6.01. The molecule has 33 heavy (non-hydrogen) atoms. The summed E-state index contributed by atoms with van der Waals surface area (Å²) in [5, 5.41) is 10.7. The van der Waals surface area contributed by atoms with Gasteiger partial charge in [0.15, 0.2) is 5.17 Å². The molecule has 172 valence electrons. The summed E-state index contributed by atoms with van der Waals surface area (Å²) in [4.78, 5) is 31.3. The van der Waals surface area contributed by atoms with Crippen LogP contribution in [0.15, 0.2) is 57.0 Å². The van der Waals surface area contributed by atoms with Gasteiger partial charge >= 0.3 is 0 Å². The Morgan fingerprint density at radius 1 is 1.18 bits per heavy atom. The molecule has 1 atom stereocenters. The highest BCUT2D eigenvalue weighted by atomic mass is 79.9. The van der Waals surface area contributed by atoms with Crippen molar-refractivity contribution in [1.82, 2.24) is 10.3 Å². The molecule has 0 aromatic heterocycles. The molecule has 2 heterocycles. The lowest BCUT2D eigenvalue weighted by atomic mass is 10.1. The monoisotopic (exact) mass is 528 g/mol. The first kappa shape index (κ1) is 23.5. The van der Waals surface area contributed by atoms with Crippen molar-refractivity contribution in [1.29, 1.82) is 0 Å². The van der Waals surface area contributed by atoms with Crippen LogP contribution in [0.4, 0.5) is 0 Å². The van der Waals surface area contributed by atoms with Crippen LogP contribution >= 0.6 is 27.7 Å². The minimum atomic E-state index is -0.969. The van der Waals surface area contributed by atoms with Gasteiger partial charge in [-0.25, -0.2) is 10.0 Å². The second-order valence-electron chi connectivity index (χ2n) is 7.72. The number of nitrogens with zero attached hydrogens (tertiary/aromatic N) is 3. The molecule has 0 unspecified atom stereocenters. The predicted molar refractivity (Wildman–Crippen MR) is 133 cm³/mol. The summed E-state index contributed by atoms with van der Waals surface area (Å²) in [6.45, 7) is 2.17. The van der Waals surface area contributed by atoms with Crippen LogP contribution in [0.3, 0.4) is 0 Å². The number of rotatable bonds is 8. The van der Waals surface area contributed by atoms with Gasteiger partial charge in [-0.2, -0.15) is 0 Å². The summed E-state index contributed by atoms with van der Waals surface area (Å²) in [6, 6.07) is 12.3. The maximum absolute atomic E-state index is 13.5. The van der Waals surface area contributed by atoms with Crippen molar-refractivity contribution in [3.05, 3.63) is 63.1 Å². The Morgan fingerprint density at radius 2 is 1.97 bits per heavy atom. The number of ether oxygens (including phenoxy) is 1. The molecule has 2 aromatic rings. The average Bonchev–Trinajstić information content (AvgIpc) is 2.83. The van der Waals surface area contributed by atoms with Crippen LogP contribution in [0.2, 0.25) is 0 Å². The molecule has 2 aliphatic heterocycles. The zero-order chi connectivity index (χ0) is 23.4. The van der Waals surface area contributed by atoms with Crippen molar-refractivity contribution in [2.24, 2.45) is 10.1 Å². The van der Waals surface area contributed by atoms with E-state index in [-0.39, 0.29) is 11.7 Å². The van der Waals surface area contributed by atoms with Gasteiger partial charge in [0.25, 0.3) is 5.91 Å². The van der Waals surface area contributed by atoms with Gasteiger partial charge in [-0.1, -0.05) is 53.9 Å². The Bertz CT molecular complexity index is 1210. The van der Waals surface area contributed by atoms with Crippen LogP contribution in [-0.4, -0.2) is 40.9 Å². The highest BCUT2D eigenvalue weighted by Crippen LogP contribution is 2.24. The number of carbonyl (C=O) groups excluding carboxylic acids is 2. The number of halogens is 1. The number of benzene rings is 2. The quantitative estimate of drug-likeness (QED) is 0.419. The lowest BCUT2D eigenvalue weighted by molar-refractivity contribution is -0.115. The Kier molecular flexibility index (Phi) is 7.49. The number of thioether (sulfide) groups is 1. The first-order valence-electron chi connectivity index (χ1n) is 10.9. The van der Waals surface area contributed by atoms with Gasteiger partial charge in [-0.15, -0.1) is 5.10 Å². The van der Waals surface area contributed by atoms with Crippen molar-refractivity contribution >= 4 is 50.2 Å². The third-order valence-electron chi connectivity index (χ3n) is 5.42. The highest BCUT2D eigenvalue weighted by Gasteiger charge is 2.37. The number of ketones is 1.